The lowest BCUT2D eigenvalue weighted by molar-refractivity contribution is -0.154. The molecular formula is C13H16O5S. The monoisotopic (exact) mass is 284 g/mol. The lowest BCUT2D eigenvalue weighted by Crippen LogP contribution is -2.40. The predicted octanol–water partition coefficient (Wildman–Crippen LogP) is 2.10. The van der Waals surface area contributed by atoms with Gasteiger partial charge in [-0.3, -0.25) is 0 Å². The van der Waals surface area contributed by atoms with Crippen LogP contribution in [0.1, 0.15) is 31.2 Å². The Balaban J connectivity index is 2.33. The van der Waals surface area contributed by atoms with E-state index in [0.717, 1.165) is 5.56 Å². The summed E-state index contributed by atoms with van der Waals surface area (Å²) >= 11 is 0. The topological polar surface area (TPSA) is 80.7 Å². The Bertz CT molecular complexity index is 585. The van der Waals surface area contributed by atoms with Gasteiger partial charge in [-0.05, 0) is 50.3 Å². The fraction of sp³-hybridized carbons (Fsp3) is 0.462. The minimum Gasteiger partial charge on any atom is -0.479 e. The van der Waals surface area contributed by atoms with Gasteiger partial charge in [-0.25, -0.2) is 8.98 Å². The summed E-state index contributed by atoms with van der Waals surface area (Å²) < 4.78 is 29.4. The van der Waals surface area contributed by atoms with Crippen molar-refractivity contribution in [2.45, 2.75) is 43.1 Å². The summed E-state index contributed by atoms with van der Waals surface area (Å²) in [5.74, 6) is -1.21. The molecule has 0 radical (unpaired) electrons. The third-order valence-corrected chi connectivity index (χ3v) is 4.72. The third kappa shape index (κ3) is 2.79. The van der Waals surface area contributed by atoms with E-state index >= 15 is 0 Å². The molecule has 1 aromatic rings. The van der Waals surface area contributed by atoms with Gasteiger partial charge >= 0.3 is 5.97 Å². The van der Waals surface area contributed by atoms with E-state index in [9.17, 15) is 18.3 Å². The molecule has 2 rings (SSSR count). The summed E-state index contributed by atoms with van der Waals surface area (Å²) in [6, 6.07) is 6.25. The van der Waals surface area contributed by atoms with Gasteiger partial charge in [0.25, 0.3) is 10.1 Å². The summed E-state index contributed by atoms with van der Waals surface area (Å²) in [6.45, 7) is 1.77. The number of rotatable bonds is 4. The third-order valence-electron chi connectivity index (χ3n) is 3.35. The Morgan fingerprint density at radius 2 is 1.95 bits per heavy atom. The quantitative estimate of drug-likeness (QED) is 0.856. The molecule has 1 aromatic carbocycles. The van der Waals surface area contributed by atoms with Crippen molar-refractivity contribution in [2.24, 2.45) is 0 Å². The van der Waals surface area contributed by atoms with E-state index in [1.807, 2.05) is 0 Å². The average molecular weight is 284 g/mol. The van der Waals surface area contributed by atoms with Crippen molar-refractivity contribution >= 4 is 16.1 Å². The first-order valence-electron chi connectivity index (χ1n) is 6.11. The van der Waals surface area contributed by atoms with Gasteiger partial charge < -0.3 is 5.11 Å². The van der Waals surface area contributed by atoms with E-state index in [2.05, 4.69) is 0 Å². The molecular weight excluding hydrogens is 268 g/mol. The van der Waals surface area contributed by atoms with Crippen molar-refractivity contribution < 1.29 is 22.5 Å². The molecule has 0 atom stereocenters. The van der Waals surface area contributed by atoms with Gasteiger partial charge in [0.2, 0.25) is 0 Å². The Kier molecular flexibility index (Phi) is 3.64. The van der Waals surface area contributed by atoms with Gasteiger partial charge in [0.1, 0.15) is 0 Å². The normalized spacial score (nSPS) is 18.4. The summed E-state index contributed by atoms with van der Waals surface area (Å²) in [4.78, 5) is 11.3. The molecule has 0 saturated heterocycles. The van der Waals surface area contributed by atoms with Crippen LogP contribution in [-0.4, -0.2) is 25.1 Å². The zero-order chi connectivity index (χ0) is 14.1. The first kappa shape index (κ1) is 14.0. The molecule has 0 bridgehead atoms. The standard InChI is InChI=1S/C13H16O5S/c1-10-5-4-6-11(9-10)19(16,17)18-13(12(14)15)7-2-3-8-13/h4-6,9H,2-3,7-8H2,1H3,(H,14,15). The molecule has 1 saturated carbocycles. The van der Waals surface area contributed by atoms with Gasteiger partial charge in [-0.2, -0.15) is 8.42 Å². The molecule has 6 heteroatoms. The van der Waals surface area contributed by atoms with E-state index < -0.39 is 21.7 Å². The highest BCUT2D eigenvalue weighted by atomic mass is 32.2. The van der Waals surface area contributed by atoms with E-state index in [4.69, 9.17) is 4.18 Å². The molecule has 0 spiro atoms. The summed E-state index contributed by atoms with van der Waals surface area (Å²) in [7, 11) is -4.05. The van der Waals surface area contributed by atoms with Gasteiger partial charge in [0, 0.05) is 0 Å². The SMILES string of the molecule is Cc1cccc(S(=O)(=O)OC2(C(=O)O)CCCC2)c1. The average Bonchev–Trinajstić information content (AvgIpc) is 2.78. The maximum absolute atomic E-state index is 12.2. The number of hydrogen-bond donors (Lipinski definition) is 1. The van der Waals surface area contributed by atoms with E-state index in [1.165, 1.54) is 12.1 Å². The van der Waals surface area contributed by atoms with Crippen molar-refractivity contribution in [1.29, 1.82) is 0 Å². The van der Waals surface area contributed by atoms with Gasteiger partial charge in [0.05, 0.1) is 4.90 Å². The molecule has 0 unspecified atom stereocenters. The minimum atomic E-state index is -4.05. The van der Waals surface area contributed by atoms with Gasteiger partial charge in [0.15, 0.2) is 5.60 Å². The number of carbonyl (C=O) groups is 1. The van der Waals surface area contributed by atoms with E-state index in [-0.39, 0.29) is 17.7 Å². The van der Waals surface area contributed by atoms with E-state index in [0.29, 0.717) is 12.8 Å². The van der Waals surface area contributed by atoms with Crippen LogP contribution in [0.25, 0.3) is 0 Å². The number of aliphatic carboxylic acids is 1. The minimum absolute atomic E-state index is 0.0000231. The fourth-order valence-electron chi connectivity index (χ4n) is 2.31. The zero-order valence-electron chi connectivity index (χ0n) is 10.6. The molecule has 1 fully saturated rings. The summed E-state index contributed by atoms with van der Waals surface area (Å²) in [6.07, 6.45) is 1.78. The van der Waals surface area contributed by atoms with Crippen LogP contribution in [-0.2, 0) is 19.1 Å². The molecule has 0 heterocycles. The highest BCUT2D eigenvalue weighted by Crippen LogP contribution is 2.36. The Labute approximate surface area is 112 Å². The van der Waals surface area contributed by atoms with Crippen LogP contribution in [0.15, 0.2) is 29.2 Å². The summed E-state index contributed by atoms with van der Waals surface area (Å²) in [5, 5.41) is 9.24. The Hall–Kier alpha value is -1.40. The van der Waals surface area contributed by atoms with Gasteiger partial charge in [-0.15, -0.1) is 0 Å². The van der Waals surface area contributed by atoms with Crippen LogP contribution >= 0.6 is 0 Å². The number of carboxylic acid groups (broad SMARTS) is 1. The largest absolute Gasteiger partial charge is 0.479 e. The van der Waals surface area contributed by atoms with Crippen molar-refractivity contribution in [3.8, 4) is 0 Å². The molecule has 19 heavy (non-hydrogen) atoms. The van der Waals surface area contributed by atoms with Crippen LogP contribution < -0.4 is 0 Å². The van der Waals surface area contributed by atoms with Crippen LogP contribution in [0.2, 0.25) is 0 Å². The molecule has 0 aliphatic heterocycles. The Morgan fingerprint density at radius 1 is 1.32 bits per heavy atom. The maximum atomic E-state index is 12.2. The smallest absolute Gasteiger partial charge is 0.337 e. The molecule has 5 nitrogen and oxygen atoms in total. The van der Waals surface area contributed by atoms with Crippen molar-refractivity contribution in [3.05, 3.63) is 29.8 Å². The highest BCUT2D eigenvalue weighted by molar-refractivity contribution is 7.86. The van der Waals surface area contributed by atoms with E-state index in [1.54, 1.807) is 19.1 Å². The molecule has 1 aliphatic rings. The molecule has 0 aromatic heterocycles. The van der Waals surface area contributed by atoms with Crippen LogP contribution in [0.5, 0.6) is 0 Å². The number of benzene rings is 1. The first-order chi connectivity index (χ1) is 8.86. The second-order valence-electron chi connectivity index (χ2n) is 4.86. The van der Waals surface area contributed by atoms with Crippen LogP contribution in [0, 0.1) is 6.92 Å². The second-order valence-corrected chi connectivity index (χ2v) is 6.41. The number of carboxylic acids is 1. The summed E-state index contributed by atoms with van der Waals surface area (Å²) in [5.41, 5.74) is -0.816. The lowest BCUT2D eigenvalue weighted by atomic mass is 10.0. The van der Waals surface area contributed by atoms with Crippen LogP contribution in [0.3, 0.4) is 0 Å². The fourth-order valence-corrected chi connectivity index (χ4v) is 3.64. The lowest BCUT2D eigenvalue weighted by Gasteiger charge is -2.23. The molecule has 0 amide bonds. The number of hydrogen-bond acceptors (Lipinski definition) is 4. The maximum Gasteiger partial charge on any atom is 0.337 e. The van der Waals surface area contributed by atoms with Crippen LogP contribution in [0.4, 0.5) is 0 Å². The Morgan fingerprint density at radius 3 is 2.47 bits per heavy atom. The van der Waals surface area contributed by atoms with Gasteiger partial charge in [-0.1, -0.05) is 12.1 Å². The molecule has 1 N–H and O–H groups in total. The van der Waals surface area contributed by atoms with Crippen molar-refractivity contribution in [2.75, 3.05) is 0 Å². The zero-order valence-corrected chi connectivity index (χ0v) is 11.4. The highest BCUT2D eigenvalue weighted by Gasteiger charge is 2.46. The molecule has 104 valence electrons. The second kappa shape index (κ2) is 4.94. The predicted molar refractivity (Wildman–Crippen MR) is 68.3 cm³/mol. The molecule has 1 aliphatic carbocycles. The number of aryl methyl sites for hydroxylation is 1. The van der Waals surface area contributed by atoms with Crippen molar-refractivity contribution in [3.63, 3.8) is 0 Å². The van der Waals surface area contributed by atoms with Crippen molar-refractivity contribution in [1.82, 2.24) is 0 Å². The first-order valence-corrected chi connectivity index (χ1v) is 7.52.